The Labute approximate surface area is 139 Å². The SMILES string of the molecule is CCOCCOc1ccccc1C(=O)Nc1ccc(F)c(Cl)c1. The maximum absolute atomic E-state index is 13.1. The van der Waals surface area contributed by atoms with Gasteiger partial charge in [-0.1, -0.05) is 23.7 Å². The van der Waals surface area contributed by atoms with Gasteiger partial charge in [0.05, 0.1) is 17.2 Å². The second kappa shape index (κ2) is 8.50. The second-order valence-corrected chi connectivity index (χ2v) is 5.03. The lowest BCUT2D eigenvalue weighted by Gasteiger charge is -2.12. The van der Waals surface area contributed by atoms with E-state index in [1.807, 2.05) is 6.92 Å². The molecule has 23 heavy (non-hydrogen) atoms. The average molecular weight is 338 g/mol. The maximum atomic E-state index is 13.1. The molecular formula is C17H17ClFNO3. The van der Waals surface area contributed by atoms with Crippen molar-refractivity contribution < 1.29 is 18.7 Å². The topological polar surface area (TPSA) is 47.6 Å². The lowest BCUT2D eigenvalue weighted by Crippen LogP contribution is -2.15. The molecule has 0 spiro atoms. The molecule has 6 heteroatoms. The van der Waals surface area contributed by atoms with E-state index in [4.69, 9.17) is 21.1 Å². The van der Waals surface area contributed by atoms with Crippen LogP contribution in [0.3, 0.4) is 0 Å². The van der Waals surface area contributed by atoms with Crippen LogP contribution < -0.4 is 10.1 Å². The molecule has 0 radical (unpaired) electrons. The summed E-state index contributed by atoms with van der Waals surface area (Å²) in [7, 11) is 0. The molecular weight excluding hydrogens is 321 g/mol. The van der Waals surface area contributed by atoms with Crippen LogP contribution in [0.2, 0.25) is 5.02 Å². The van der Waals surface area contributed by atoms with Crippen LogP contribution in [0.5, 0.6) is 5.75 Å². The Balaban J connectivity index is 2.07. The second-order valence-electron chi connectivity index (χ2n) is 4.62. The zero-order valence-corrected chi connectivity index (χ0v) is 13.4. The van der Waals surface area contributed by atoms with Crippen LogP contribution in [-0.4, -0.2) is 25.7 Å². The number of ether oxygens (including phenoxy) is 2. The van der Waals surface area contributed by atoms with Crippen molar-refractivity contribution in [2.45, 2.75) is 6.92 Å². The maximum Gasteiger partial charge on any atom is 0.259 e. The first-order valence-corrected chi connectivity index (χ1v) is 7.55. The molecule has 0 saturated carbocycles. The van der Waals surface area contributed by atoms with Crippen molar-refractivity contribution in [3.63, 3.8) is 0 Å². The zero-order chi connectivity index (χ0) is 16.7. The Morgan fingerprint density at radius 2 is 2.00 bits per heavy atom. The van der Waals surface area contributed by atoms with Crippen LogP contribution in [0.25, 0.3) is 0 Å². The van der Waals surface area contributed by atoms with E-state index < -0.39 is 5.82 Å². The molecule has 2 aromatic carbocycles. The molecule has 0 bridgehead atoms. The van der Waals surface area contributed by atoms with Gasteiger partial charge in [-0.05, 0) is 37.3 Å². The minimum absolute atomic E-state index is 0.0518. The molecule has 122 valence electrons. The Morgan fingerprint density at radius 1 is 1.22 bits per heavy atom. The molecule has 0 fully saturated rings. The quantitative estimate of drug-likeness (QED) is 0.772. The van der Waals surface area contributed by atoms with E-state index in [0.29, 0.717) is 36.8 Å². The van der Waals surface area contributed by atoms with E-state index in [1.54, 1.807) is 24.3 Å². The highest BCUT2D eigenvalue weighted by molar-refractivity contribution is 6.31. The van der Waals surface area contributed by atoms with Gasteiger partial charge in [0.15, 0.2) is 0 Å². The number of rotatable bonds is 7. The van der Waals surface area contributed by atoms with Crippen LogP contribution in [-0.2, 0) is 4.74 Å². The van der Waals surface area contributed by atoms with E-state index >= 15 is 0 Å². The predicted octanol–water partition coefficient (Wildman–Crippen LogP) is 4.15. The largest absolute Gasteiger partial charge is 0.490 e. The third-order valence-corrected chi connectivity index (χ3v) is 3.29. The van der Waals surface area contributed by atoms with Gasteiger partial charge in [0.1, 0.15) is 18.2 Å². The van der Waals surface area contributed by atoms with Gasteiger partial charge in [-0.15, -0.1) is 0 Å². The highest BCUT2D eigenvalue weighted by Gasteiger charge is 2.13. The van der Waals surface area contributed by atoms with Gasteiger partial charge < -0.3 is 14.8 Å². The Morgan fingerprint density at radius 3 is 2.74 bits per heavy atom. The molecule has 0 aliphatic rings. The standard InChI is InChI=1S/C17H17ClFNO3/c1-2-22-9-10-23-16-6-4-3-5-13(16)17(21)20-12-7-8-15(19)14(18)11-12/h3-8,11H,2,9-10H2,1H3,(H,20,21). The first-order valence-electron chi connectivity index (χ1n) is 7.17. The Kier molecular flexibility index (Phi) is 6.38. The summed E-state index contributed by atoms with van der Waals surface area (Å²) in [5, 5.41) is 2.62. The molecule has 4 nitrogen and oxygen atoms in total. The molecule has 0 saturated heterocycles. The molecule has 1 amide bonds. The predicted molar refractivity (Wildman–Crippen MR) is 87.8 cm³/mol. The van der Waals surface area contributed by atoms with Crippen LogP contribution in [0.4, 0.5) is 10.1 Å². The Bertz CT molecular complexity index is 679. The van der Waals surface area contributed by atoms with Gasteiger partial charge in [0.25, 0.3) is 5.91 Å². The first kappa shape index (κ1) is 17.2. The van der Waals surface area contributed by atoms with Gasteiger partial charge in [-0.25, -0.2) is 4.39 Å². The summed E-state index contributed by atoms with van der Waals surface area (Å²) >= 11 is 5.71. The average Bonchev–Trinajstić information content (AvgIpc) is 2.55. The van der Waals surface area contributed by atoms with Crippen molar-refractivity contribution in [3.05, 3.63) is 58.9 Å². The molecule has 0 unspecified atom stereocenters. The van der Waals surface area contributed by atoms with E-state index in [1.165, 1.54) is 18.2 Å². The number of nitrogens with one attached hydrogen (secondary N) is 1. The van der Waals surface area contributed by atoms with E-state index in [-0.39, 0.29) is 10.9 Å². The molecule has 2 aromatic rings. The third-order valence-electron chi connectivity index (χ3n) is 3.00. The number of anilines is 1. The van der Waals surface area contributed by atoms with Crippen molar-refractivity contribution in [3.8, 4) is 5.75 Å². The number of hydrogen-bond donors (Lipinski definition) is 1. The summed E-state index contributed by atoms with van der Waals surface area (Å²) in [6, 6.07) is 10.9. The summed E-state index contributed by atoms with van der Waals surface area (Å²) in [5.41, 5.74) is 0.787. The van der Waals surface area contributed by atoms with Crippen molar-refractivity contribution in [2.75, 3.05) is 25.1 Å². The molecule has 2 rings (SSSR count). The lowest BCUT2D eigenvalue weighted by atomic mass is 10.2. The van der Waals surface area contributed by atoms with E-state index in [2.05, 4.69) is 5.32 Å². The fourth-order valence-electron chi connectivity index (χ4n) is 1.91. The van der Waals surface area contributed by atoms with Crippen LogP contribution in [0, 0.1) is 5.82 Å². The zero-order valence-electron chi connectivity index (χ0n) is 12.6. The highest BCUT2D eigenvalue weighted by Crippen LogP contribution is 2.22. The Hall–Kier alpha value is -2.11. The fraction of sp³-hybridized carbons (Fsp3) is 0.235. The lowest BCUT2D eigenvalue weighted by molar-refractivity contribution is 0.0998. The summed E-state index contributed by atoms with van der Waals surface area (Å²) in [6.45, 7) is 3.30. The van der Waals surface area contributed by atoms with Crippen LogP contribution in [0.1, 0.15) is 17.3 Å². The fourth-order valence-corrected chi connectivity index (χ4v) is 2.09. The number of halogens is 2. The van der Waals surface area contributed by atoms with Gasteiger partial charge in [-0.2, -0.15) is 0 Å². The summed E-state index contributed by atoms with van der Waals surface area (Å²) in [5.74, 6) is -0.443. The van der Waals surface area contributed by atoms with Gasteiger partial charge in [0.2, 0.25) is 0 Å². The van der Waals surface area contributed by atoms with E-state index in [0.717, 1.165) is 0 Å². The number of carbonyl (C=O) groups is 1. The van der Waals surface area contributed by atoms with Gasteiger partial charge in [0, 0.05) is 12.3 Å². The van der Waals surface area contributed by atoms with Crippen molar-refractivity contribution in [1.82, 2.24) is 0 Å². The molecule has 0 heterocycles. The summed E-state index contributed by atoms with van der Waals surface area (Å²) in [4.78, 5) is 12.4. The van der Waals surface area contributed by atoms with Crippen molar-refractivity contribution >= 4 is 23.2 Å². The molecule has 0 aliphatic carbocycles. The van der Waals surface area contributed by atoms with Crippen molar-refractivity contribution in [1.29, 1.82) is 0 Å². The molecule has 1 N–H and O–H groups in total. The smallest absolute Gasteiger partial charge is 0.259 e. The highest BCUT2D eigenvalue weighted by atomic mass is 35.5. The van der Waals surface area contributed by atoms with Crippen LogP contribution >= 0.6 is 11.6 Å². The minimum atomic E-state index is -0.538. The first-order chi connectivity index (χ1) is 11.1. The summed E-state index contributed by atoms with van der Waals surface area (Å²) in [6.07, 6.45) is 0. The van der Waals surface area contributed by atoms with Gasteiger partial charge >= 0.3 is 0 Å². The normalized spacial score (nSPS) is 10.4. The van der Waals surface area contributed by atoms with Crippen LogP contribution in [0.15, 0.2) is 42.5 Å². The number of hydrogen-bond acceptors (Lipinski definition) is 3. The molecule has 0 aliphatic heterocycles. The number of benzene rings is 2. The molecule has 0 atom stereocenters. The third kappa shape index (κ3) is 4.94. The van der Waals surface area contributed by atoms with E-state index in [9.17, 15) is 9.18 Å². The number of amides is 1. The van der Waals surface area contributed by atoms with Crippen molar-refractivity contribution in [2.24, 2.45) is 0 Å². The number of carbonyl (C=O) groups excluding carboxylic acids is 1. The minimum Gasteiger partial charge on any atom is -0.490 e. The van der Waals surface area contributed by atoms with Gasteiger partial charge in [-0.3, -0.25) is 4.79 Å². The molecule has 0 aromatic heterocycles. The summed E-state index contributed by atoms with van der Waals surface area (Å²) < 4.78 is 23.9. The monoisotopic (exact) mass is 337 g/mol. The number of para-hydroxylation sites is 1.